The van der Waals surface area contributed by atoms with Crippen LogP contribution in [0.25, 0.3) is 4.96 Å². The van der Waals surface area contributed by atoms with E-state index in [4.69, 9.17) is 4.74 Å². The average molecular weight is 398 g/mol. The van der Waals surface area contributed by atoms with Gasteiger partial charge in [0.2, 0.25) is 17.3 Å². The molecule has 0 aromatic carbocycles. The molecule has 0 aliphatic carbocycles. The van der Waals surface area contributed by atoms with Gasteiger partial charge in [-0.3, -0.25) is 4.79 Å². The Morgan fingerprint density at radius 3 is 2.73 bits per heavy atom. The van der Waals surface area contributed by atoms with E-state index >= 15 is 0 Å². The number of aromatic nitrogens is 3. The molecule has 0 saturated carbocycles. The number of alkyl halides is 5. The van der Waals surface area contributed by atoms with Crippen molar-refractivity contribution in [1.82, 2.24) is 19.5 Å². The normalized spacial score (nSPS) is 18.7. The van der Waals surface area contributed by atoms with Crippen LogP contribution in [0, 0.1) is 5.92 Å². The van der Waals surface area contributed by atoms with Gasteiger partial charge in [0.05, 0.1) is 18.8 Å². The molecule has 0 radical (unpaired) electrons. The van der Waals surface area contributed by atoms with Crippen LogP contribution in [0.2, 0.25) is 0 Å². The summed E-state index contributed by atoms with van der Waals surface area (Å²) in [5.74, 6) is -1.02. The summed E-state index contributed by atoms with van der Waals surface area (Å²) >= 11 is 0.954. The SMILES string of the molecule is COCc1nn2c(CN3CC(CC(F)F)CC3=O)c(C(F)(F)F)nc2s1. The Hall–Kier alpha value is -1.82. The van der Waals surface area contributed by atoms with Crippen molar-refractivity contribution in [2.24, 2.45) is 5.92 Å². The van der Waals surface area contributed by atoms with Crippen LogP contribution in [0.1, 0.15) is 29.2 Å². The Kier molecular flexibility index (Phi) is 5.15. The minimum absolute atomic E-state index is 0.0111. The number of likely N-dealkylation sites (tertiary alicyclic amines) is 1. The molecule has 2 aromatic heterocycles. The van der Waals surface area contributed by atoms with Crippen molar-refractivity contribution in [2.45, 2.75) is 38.6 Å². The largest absolute Gasteiger partial charge is 0.435 e. The van der Waals surface area contributed by atoms with Gasteiger partial charge in [0.1, 0.15) is 5.01 Å². The molecule has 2 aromatic rings. The fourth-order valence-electron chi connectivity index (χ4n) is 2.98. The van der Waals surface area contributed by atoms with E-state index < -0.39 is 36.5 Å². The van der Waals surface area contributed by atoms with Gasteiger partial charge >= 0.3 is 6.18 Å². The molecular weight excluding hydrogens is 383 g/mol. The Labute approximate surface area is 148 Å². The van der Waals surface area contributed by atoms with E-state index in [0.29, 0.717) is 5.01 Å². The van der Waals surface area contributed by atoms with Crippen molar-refractivity contribution in [1.29, 1.82) is 0 Å². The lowest BCUT2D eigenvalue weighted by molar-refractivity contribution is -0.142. The number of imidazole rings is 1. The number of rotatable bonds is 6. The van der Waals surface area contributed by atoms with Crippen molar-refractivity contribution in [3.63, 3.8) is 0 Å². The van der Waals surface area contributed by atoms with Crippen LogP contribution in [-0.2, 0) is 28.9 Å². The molecule has 1 atom stereocenters. The van der Waals surface area contributed by atoms with Gasteiger partial charge in [0.25, 0.3) is 0 Å². The summed E-state index contributed by atoms with van der Waals surface area (Å²) in [6.45, 7) is -0.276. The summed E-state index contributed by atoms with van der Waals surface area (Å²) < 4.78 is 70.9. The lowest BCUT2D eigenvalue weighted by Gasteiger charge is -2.17. The molecule has 1 aliphatic rings. The quantitative estimate of drug-likeness (QED) is 0.702. The molecule has 0 bridgehead atoms. The molecule has 3 heterocycles. The Balaban J connectivity index is 1.91. The van der Waals surface area contributed by atoms with Gasteiger partial charge in [-0.15, -0.1) is 0 Å². The summed E-state index contributed by atoms with van der Waals surface area (Å²) in [6.07, 6.45) is -7.82. The maximum absolute atomic E-state index is 13.3. The number of fused-ring (bicyclic) bond motifs is 1. The minimum Gasteiger partial charge on any atom is -0.377 e. The summed E-state index contributed by atoms with van der Waals surface area (Å²) in [4.78, 5) is 16.8. The van der Waals surface area contributed by atoms with Gasteiger partial charge in [0.15, 0.2) is 5.69 Å². The second-order valence-electron chi connectivity index (χ2n) is 6.00. The number of methoxy groups -OCH3 is 1. The van der Waals surface area contributed by atoms with Crippen LogP contribution >= 0.6 is 11.3 Å². The first-order chi connectivity index (χ1) is 12.2. The molecule has 0 N–H and O–H groups in total. The summed E-state index contributed by atoms with van der Waals surface area (Å²) in [5, 5.41) is 4.50. The van der Waals surface area contributed by atoms with Gasteiger partial charge in [-0.1, -0.05) is 11.3 Å². The summed E-state index contributed by atoms with van der Waals surface area (Å²) in [7, 11) is 1.43. The van der Waals surface area contributed by atoms with E-state index in [9.17, 15) is 26.7 Å². The zero-order valence-corrected chi connectivity index (χ0v) is 14.4. The number of carbonyl (C=O) groups excluding carboxylic acids is 1. The molecule has 1 saturated heterocycles. The highest BCUT2D eigenvalue weighted by Crippen LogP contribution is 2.35. The molecular formula is C14H15F5N4O2S. The first-order valence-corrected chi connectivity index (χ1v) is 8.50. The maximum atomic E-state index is 13.3. The molecule has 12 heteroatoms. The van der Waals surface area contributed by atoms with Gasteiger partial charge < -0.3 is 9.64 Å². The third-order valence-electron chi connectivity index (χ3n) is 4.02. The zero-order valence-electron chi connectivity index (χ0n) is 13.6. The lowest BCUT2D eigenvalue weighted by Crippen LogP contribution is -2.27. The molecule has 3 rings (SSSR count). The van der Waals surface area contributed by atoms with E-state index in [1.807, 2.05) is 0 Å². The smallest absolute Gasteiger partial charge is 0.377 e. The van der Waals surface area contributed by atoms with Gasteiger partial charge in [-0.25, -0.2) is 18.3 Å². The third-order valence-corrected chi connectivity index (χ3v) is 4.90. The van der Waals surface area contributed by atoms with Crippen LogP contribution < -0.4 is 0 Å². The van der Waals surface area contributed by atoms with Crippen molar-refractivity contribution < 1.29 is 31.5 Å². The van der Waals surface area contributed by atoms with Crippen molar-refractivity contribution in [3.8, 4) is 0 Å². The van der Waals surface area contributed by atoms with Crippen LogP contribution in [-0.4, -0.2) is 45.5 Å². The monoisotopic (exact) mass is 398 g/mol. The molecule has 1 amide bonds. The molecule has 6 nitrogen and oxygen atoms in total. The number of nitrogens with zero attached hydrogens (tertiary/aromatic N) is 4. The molecule has 1 aliphatic heterocycles. The van der Waals surface area contributed by atoms with E-state index in [1.54, 1.807) is 0 Å². The average Bonchev–Trinajstić information content (AvgIpc) is 3.13. The van der Waals surface area contributed by atoms with Crippen molar-refractivity contribution in [2.75, 3.05) is 13.7 Å². The van der Waals surface area contributed by atoms with Gasteiger partial charge in [-0.2, -0.15) is 18.3 Å². The minimum atomic E-state index is -4.71. The predicted octanol–water partition coefficient (Wildman–Crippen LogP) is 2.96. The van der Waals surface area contributed by atoms with Crippen LogP contribution in [0.3, 0.4) is 0 Å². The Morgan fingerprint density at radius 2 is 2.12 bits per heavy atom. The van der Waals surface area contributed by atoms with Crippen molar-refractivity contribution in [3.05, 3.63) is 16.4 Å². The van der Waals surface area contributed by atoms with Gasteiger partial charge in [-0.05, 0) is 5.92 Å². The van der Waals surface area contributed by atoms with E-state index in [1.165, 1.54) is 7.11 Å². The number of hydrogen-bond acceptors (Lipinski definition) is 5. The van der Waals surface area contributed by atoms with Gasteiger partial charge in [0, 0.05) is 26.5 Å². The summed E-state index contributed by atoms with van der Waals surface area (Å²) in [5.41, 5.74) is -1.40. The van der Waals surface area contributed by atoms with E-state index in [2.05, 4.69) is 10.1 Å². The number of hydrogen-bond donors (Lipinski definition) is 0. The van der Waals surface area contributed by atoms with E-state index in [-0.39, 0.29) is 36.8 Å². The second-order valence-corrected chi connectivity index (χ2v) is 7.04. The van der Waals surface area contributed by atoms with Crippen LogP contribution in [0.5, 0.6) is 0 Å². The summed E-state index contributed by atoms with van der Waals surface area (Å²) in [6, 6.07) is 0. The first kappa shape index (κ1) is 19.0. The lowest BCUT2D eigenvalue weighted by atomic mass is 10.1. The number of halogens is 5. The van der Waals surface area contributed by atoms with Crippen LogP contribution in [0.15, 0.2) is 0 Å². The fraction of sp³-hybridized carbons (Fsp3) is 0.643. The number of carbonyl (C=O) groups is 1. The first-order valence-electron chi connectivity index (χ1n) is 7.68. The second kappa shape index (κ2) is 7.06. The fourth-order valence-corrected chi connectivity index (χ4v) is 3.86. The molecule has 0 spiro atoms. The highest BCUT2D eigenvalue weighted by Gasteiger charge is 2.41. The third kappa shape index (κ3) is 3.80. The molecule has 26 heavy (non-hydrogen) atoms. The standard InChI is InChI=1S/C14H15F5N4O2S/c1-25-6-10-21-23-8(12(14(17,18)19)20-13(23)26-10)5-22-4-7(2-9(15)16)3-11(22)24/h7,9H,2-6H2,1H3. The molecule has 1 unspecified atom stereocenters. The highest BCUT2D eigenvalue weighted by atomic mass is 32.1. The number of amides is 1. The molecule has 144 valence electrons. The Bertz CT molecular complexity index is 803. The predicted molar refractivity (Wildman–Crippen MR) is 80.7 cm³/mol. The Morgan fingerprint density at radius 1 is 1.38 bits per heavy atom. The van der Waals surface area contributed by atoms with Crippen molar-refractivity contribution >= 4 is 22.2 Å². The van der Waals surface area contributed by atoms with Crippen LogP contribution in [0.4, 0.5) is 22.0 Å². The maximum Gasteiger partial charge on any atom is 0.435 e. The molecule has 1 fully saturated rings. The number of ether oxygens (including phenoxy) is 1. The van der Waals surface area contributed by atoms with E-state index in [0.717, 1.165) is 20.8 Å². The zero-order chi connectivity index (χ0) is 19.1. The topological polar surface area (TPSA) is 59.7 Å². The highest BCUT2D eigenvalue weighted by molar-refractivity contribution is 7.16.